The van der Waals surface area contributed by atoms with Crippen molar-refractivity contribution in [3.8, 4) is 10.4 Å². The summed E-state index contributed by atoms with van der Waals surface area (Å²) in [6, 6.07) is 5.97. The average Bonchev–Trinajstić information content (AvgIpc) is 3.33. The Morgan fingerprint density at radius 3 is 2.43 bits per heavy atom. The third-order valence-corrected chi connectivity index (χ3v) is 7.80. The van der Waals surface area contributed by atoms with Crippen molar-refractivity contribution >= 4 is 34.9 Å². The zero-order chi connectivity index (χ0) is 26.6. The number of hydrogen-bond donors (Lipinski definition) is 1. The number of carbonyl (C=O) groups is 2. The molecule has 2 heterocycles. The molecule has 202 valence electrons. The molecule has 9 heteroatoms. The van der Waals surface area contributed by atoms with Crippen molar-refractivity contribution in [1.29, 1.82) is 0 Å². The molecule has 37 heavy (non-hydrogen) atoms. The summed E-state index contributed by atoms with van der Waals surface area (Å²) in [4.78, 5) is 34.8. The quantitative estimate of drug-likeness (QED) is 0.456. The molecule has 1 aromatic heterocycles. The highest BCUT2D eigenvalue weighted by Crippen LogP contribution is 2.41. The van der Waals surface area contributed by atoms with Crippen molar-refractivity contribution in [3.05, 3.63) is 29.4 Å². The summed E-state index contributed by atoms with van der Waals surface area (Å²) in [6.07, 6.45) is 7.35. The second-order valence-corrected chi connectivity index (χ2v) is 12.2. The van der Waals surface area contributed by atoms with Crippen molar-refractivity contribution in [2.75, 3.05) is 36.4 Å². The summed E-state index contributed by atoms with van der Waals surface area (Å²) < 4.78 is 10.8. The van der Waals surface area contributed by atoms with Crippen molar-refractivity contribution in [3.63, 3.8) is 0 Å². The molecule has 1 saturated heterocycles. The molecule has 0 spiro atoms. The fourth-order valence-corrected chi connectivity index (χ4v) is 5.97. The third-order valence-electron chi connectivity index (χ3n) is 6.60. The van der Waals surface area contributed by atoms with Gasteiger partial charge in [-0.1, -0.05) is 19.3 Å². The maximum absolute atomic E-state index is 12.6. The van der Waals surface area contributed by atoms with Crippen molar-refractivity contribution in [2.24, 2.45) is 0 Å². The summed E-state index contributed by atoms with van der Waals surface area (Å²) >= 11 is 1.78. The minimum absolute atomic E-state index is 0.199. The number of piperazine rings is 1. The zero-order valence-electron chi connectivity index (χ0n) is 22.7. The van der Waals surface area contributed by atoms with Gasteiger partial charge in [0.25, 0.3) is 0 Å². The van der Waals surface area contributed by atoms with E-state index in [1.165, 1.54) is 37.1 Å². The smallest absolute Gasteiger partial charge is 0.411 e. The molecule has 1 saturated carbocycles. The monoisotopic (exact) mass is 528 g/mol. The van der Waals surface area contributed by atoms with Gasteiger partial charge >= 0.3 is 12.2 Å². The Kier molecular flexibility index (Phi) is 8.62. The Hall–Kier alpha value is -2.81. The van der Waals surface area contributed by atoms with Crippen LogP contribution < -0.4 is 10.2 Å². The molecule has 2 aromatic rings. The van der Waals surface area contributed by atoms with E-state index in [9.17, 15) is 9.59 Å². The standard InChI is InChI=1S/C28H40N4O4S/c1-19(2)35-26(33)30-21-11-12-22(24-18-29-25(37-24)20-9-7-6-8-10-20)23(17-21)31-13-15-32(16-14-31)27(34)36-28(3,4)5/h11-12,17-20H,6-10,13-16H2,1-5H3,(H,30,33). The predicted octanol–water partition coefficient (Wildman–Crippen LogP) is 6.87. The maximum atomic E-state index is 12.6. The van der Waals surface area contributed by atoms with Crippen LogP contribution >= 0.6 is 11.3 Å². The van der Waals surface area contributed by atoms with Gasteiger partial charge in [0, 0.05) is 55.2 Å². The number of amides is 2. The highest BCUT2D eigenvalue weighted by atomic mass is 32.1. The summed E-state index contributed by atoms with van der Waals surface area (Å²) in [5.41, 5.74) is 2.27. The first-order valence-corrected chi connectivity index (χ1v) is 14.2. The second kappa shape index (κ2) is 11.7. The number of rotatable bonds is 5. The van der Waals surface area contributed by atoms with E-state index in [2.05, 4.69) is 16.3 Å². The van der Waals surface area contributed by atoms with E-state index >= 15 is 0 Å². The van der Waals surface area contributed by atoms with Gasteiger partial charge in [-0.2, -0.15) is 0 Å². The van der Waals surface area contributed by atoms with E-state index in [1.54, 1.807) is 16.2 Å². The lowest BCUT2D eigenvalue weighted by atomic mass is 9.90. The first kappa shape index (κ1) is 27.2. The number of thiazole rings is 1. The van der Waals surface area contributed by atoms with Gasteiger partial charge in [0.05, 0.1) is 16.0 Å². The van der Waals surface area contributed by atoms with Gasteiger partial charge in [-0.15, -0.1) is 11.3 Å². The molecule has 1 aromatic carbocycles. The van der Waals surface area contributed by atoms with Gasteiger partial charge in [0.2, 0.25) is 0 Å². The molecular formula is C28H40N4O4S. The summed E-state index contributed by atoms with van der Waals surface area (Å²) in [5, 5.41) is 4.08. The first-order valence-electron chi connectivity index (χ1n) is 13.4. The van der Waals surface area contributed by atoms with Crippen LogP contribution in [0.3, 0.4) is 0 Å². The van der Waals surface area contributed by atoms with E-state index < -0.39 is 11.7 Å². The molecule has 4 rings (SSSR count). The summed E-state index contributed by atoms with van der Waals surface area (Å²) in [7, 11) is 0. The van der Waals surface area contributed by atoms with Crippen LogP contribution in [0.25, 0.3) is 10.4 Å². The summed E-state index contributed by atoms with van der Waals surface area (Å²) in [6.45, 7) is 11.8. The number of ether oxygens (including phenoxy) is 2. The van der Waals surface area contributed by atoms with Crippen LogP contribution in [-0.2, 0) is 9.47 Å². The molecule has 8 nitrogen and oxygen atoms in total. The number of aromatic nitrogens is 1. The van der Waals surface area contributed by atoms with Crippen molar-refractivity contribution in [1.82, 2.24) is 9.88 Å². The van der Waals surface area contributed by atoms with E-state index in [0.29, 0.717) is 37.8 Å². The largest absolute Gasteiger partial charge is 0.447 e. The molecule has 2 amide bonds. The average molecular weight is 529 g/mol. The van der Waals surface area contributed by atoms with Crippen LogP contribution in [0.2, 0.25) is 0 Å². The summed E-state index contributed by atoms with van der Waals surface area (Å²) in [5.74, 6) is 0.556. The van der Waals surface area contributed by atoms with Crippen LogP contribution in [-0.4, -0.2) is 60.0 Å². The minimum atomic E-state index is -0.520. The molecule has 2 fully saturated rings. The number of nitrogens with one attached hydrogen (secondary N) is 1. The van der Waals surface area contributed by atoms with Gasteiger partial charge in [0.15, 0.2) is 0 Å². The first-order chi connectivity index (χ1) is 17.6. The van der Waals surface area contributed by atoms with Crippen LogP contribution in [0.5, 0.6) is 0 Å². The Morgan fingerprint density at radius 2 is 1.78 bits per heavy atom. The molecule has 0 radical (unpaired) electrons. The van der Waals surface area contributed by atoms with Crippen LogP contribution in [0.15, 0.2) is 24.4 Å². The molecule has 0 bridgehead atoms. The molecule has 1 aliphatic carbocycles. The SMILES string of the molecule is CC(C)OC(=O)Nc1ccc(-c2cnc(C3CCCCC3)s2)c(N2CCN(C(=O)OC(C)(C)C)CC2)c1. The predicted molar refractivity (Wildman–Crippen MR) is 149 cm³/mol. The Labute approximate surface area is 224 Å². The van der Waals surface area contributed by atoms with Crippen molar-refractivity contribution in [2.45, 2.75) is 84.3 Å². The normalized spacial score (nSPS) is 17.1. The number of carbonyl (C=O) groups excluding carboxylic acids is 2. The van der Waals surface area contributed by atoms with Crippen LogP contribution in [0.1, 0.15) is 77.6 Å². The lowest BCUT2D eigenvalue weighted by Gasteiger charge is -2.37. The fourth-order valence-electron chi connectivity index (χ4n) is 4.85. The lowest BCUT2D eigenvalue weighted by molar-refractivity contribution is 0.0240. The molecule has 2 aliphatic rings. The molecule has 1 N–H and O–H groups in total. The Balaban J connectivity index is 1.56. The highest BCUT2D eigenvalue weighted by Gasteiger charge is 2.28. The van der Waals surface area contributed by atoms with E-state index in [-0.39, 0.29) is 12.2 Å². The van der Waals surface area contributed by atoms with Gasteiger partial charge in [-0.25, -0.2) is 14.6 Å². The maximum Gasteiger partial charge on any atom is 0.411 e. The minimum Gasteiger partial charge on any atom is -0.447 e. The van der Waals surface area contributed by atoms with Gasteiger partial charge in [-0.3, -0.25) is 5.32 Å². The van der Waals surface area contributed by atoms with Gasteiger partial charge in [-0.05, 0) is 65.7 Å². The number of anilines is 2. The number of nitrogens with zero attached hydrogens (tertiary/aromatic N) is 3. The van der Waals surface area contributed by atoms with E-state index in [4.69, 9.17) is 14.5 Å². The highest BCUT2D eigenvalue weighted by molar-refractivity contribution is 7.15. The Bertz CT molecular complexity index is 1080. The van der Waals surface area contributed by atoms with E-state index in [1.807, 2.05) is 52.9 Å². The fraction of sp³-hybridized carbons (Fsp3) is 0.607. The molecule has 1 aliphatic heterocycles. The number of benzene rings is 1. The molecule has 0 unspecified atom stereocenters. The third kappa shape index (κ3) is 7.37. The lowest BCUT2D eigenvalue weighted by Crippen LogP contribution is -2.50. The molecule has 0 atom stereocenters. The second-order valence-electron chi connectivity index (χ2n) is 11.2. The van der Waals surface area contributed by atoms with Gasteiger partial charge in [0.1, 0.15) is 5.60 Å². The zero-order valence-corrected chi connectivity index (χ0v) is 23.5. The Morgan fingerprint density at radius 1 is 1.08 bits per heavy atom. The van der Waals surface area contributed by atoms with Crippen LogP contribution in [0.4, 0.5) is 21.0 Å². The molecular weight excluding hydrogens is 488 g/mol. The van der Waals surface area contributed by atoms with Crippen molar-refractivity contribution < 1.29 is 19.1 Å². The van der Waals surface area contributed by atoms with Crippen LogP contribution in [0, 0.1) is 0 Å². The topological polar surface area (TPSA) is 84.0 Å². The van der Waals surface area contributed by atoms with E-state index in [0.717, 1.165) is 16.1 Å². The number of hydrogen-bond acceptors (Lipinski definition) is 7. The van der Waals surface area contributed by atoms with Gasteiger partial charge < -0.3 is 19.3 Å².